The van der Waals surface area contributed by atoms with Gasteiger partial charge in [-0.3, -0.25) is 9.59 Å². The van der Waals surface area contributed by atoms with Crippen LogP contribution in [0.15, 0.2) is 0 Å². The first-order valence-electron chi connectivity index (χ1n) is 5.89. The Kier molecular flexibility index (Phi) is 7.69. The second-order valence-corrected chi connectivity index (χ2v) is 4.08. The van der Waals surface area contributed by atoms with E-state index in [1.54, 1.807) is 0 Å². The van der Waals surface area contributed by atoms with Crippen LogP contribution in [0.5, 0.6) is 0 Å². The molecule has 0 aromatic carbocycles. The van der Waals surface area contributed by atoms with Crippen molar-refractivity contribution >= 4 is 17.8 Å². The predicted octanol–water partition coefficient (Wildman–Crippen LogP) is -0.0619. The van der Waals surface area contributed by atoms with Gasteiger partial charge in [0, 0.05) is 6.42 Å². The second-order valence-electron chi connectivity index (χ2n) is 4.08. The van der Waals surface area contributed by atoms with E-state index in [0.29, 0.717) is 19.3 Å². The highest BCUT2D eigenvalue weighted by Gasteiger charge is 2.26. The van der Waals surface area contributed by atoms with E-state index in [1.807, 2.05) is 6.92 Å². The highest BCUT2D eigenvalue weighted by molar-refractivity contribution is 5.87. The van der Waals surface area contributed by atoms with E-state index in [0.717, 1.165) is 12.8 Å². The molecule has 0 radical (unpaired) electrons. The number of carbonyl (C=O) groups excluding carboxylic acids is 1. The lowest BCUT2D eigenvalue weighted by Crippen LogP contribution is -2.32. The summed E-state index contributed by atoms with van der Waals surface area (Å²) in [5, 5.41) is 18.9. The average molecular weight is 260 g/mol. The van der Waals surface area contributed by atoms with E-state index in [-0.39, 0.29) is 5.91 Å². The Morgan fingerprint density at radius 2 is 2.11 bits per heavy atom. The lowest BCUT2D eigenvalue weighted by Gasteiger charge is -2.02. The molecule has 1 fully saturated rings. The van der Waals surface area contributed by atoms with Gasteiger partial charge < -0.3 is 21.3 Å². The molecule has 1 aliphatic rings. The molecule has 0 spiro atoms. The minimum Gasteiger partial charge on any atom is -0.480 e. The smallest absolute Gasteiger partial charge is 0.326 e. The maximum Gasteiger partial charge on any atom is 0.326 e. The molecule has 0 bridgehead atoms. The fourth-order valence-electron chi connectivity index (χ4n) is 1.35. The summed E-state index contributed by atoms with van der Waals surface area (Å²) < 4.78 is 0. The first-order valence-corrected chi connectivity index (χ1v) is 5.89. The van der Waals surface area contributed by atoms with Crippen LogP contribution in [0.25, 0.3) is 0 Å². The lowest BCUT2D eigenvalue weighted by atomic mass is 10.1. The first-order chi connectivity index (χ1) is 8.38. The number of carboxylic acids is 2. The molecule has 18 heavy (non-hydrogen) atoms. The van der Waals surface area contributed by atoms with Crippen LogP contribution in [0, 0.1) is 0 Å². The normalized spacial score (nSPS) is 19.4. The number of rotatable bonds is 5. The van der Waals surface area contributed by atoms with E-state index in [2.05, 4.69) is 5.32 Å². The number of unbranched alkanes of at least 4 members (excludes halogenated alkanes) is 1. The lowest BCUT2D eigenvalue weighted by molar-refractivity contribution is -0.140. The number of carboxylic acid groups (broad SMARTS) is 2. The molecule has 1 heterocycles. The van der Waals surface area contributed by atoms with Crippen molar-refractivity contribution in [2.45, 2.75) is 51.1 Å². The molecule has 0 aliphatic carbocycles. The number of hydrogen-bond donors (Lipinski definition) is 4. The minimum absolute atomic E-state index is 0.164. The van der Waals surface area contributed by atoms with Gasteiger partial charge in [-0.1, -0.05) is 19.8 Å². The summed E-state index contributed by atoms with van der Waals surface area (Å²) in [6.07, 6.45) is 3.26. The van der Waals surface area contributed by atoms with Crippen LogP contribution in [0.4, 0.5) is 0 Å². The van der Waals surface area contributed by atoms with Crippen molar-refractivity contribution in [3.8, 4) is 0 Å². The third-order valence-corrected chi connectivity index (χ3v) is 2.48. The molecule has 1 rings (SSSR count). The van der Waals surface area contributed by atoms with Gasteiger partial charge in [0.05, 0.1) is 0 Å². The van der Waals surface area contributed by atoms with E-state index >= 15 is 0 Å². The van der Waals surface area contributed by atoms with Crippen LogP contribution in [0.3, 0.4) is 0 Å². The molecule has 5 N–H and O–H groups in total. The molecule has 0 aromatic heterocycles. The molecule has 104 valence electrons. The molecule has 1 aliphatic heterocycles. The zero-order valence-electron chi connectivity index (χ0n) is 10.4. The zero-order chi connectivity index (χ0) is 14.1. The van der Waals surface area contributed by atoms with Gasteiger partial charge in [-0.25, -0.2) is 4.79 Å². The Morgan fingerprint density at radius 1 is 1.50 bits per heavy atom. The molecule has 0 saturated carbocycles. The zero-order valence-corrected chi connectivity index (χ0v) is 10.4. The first kappa shape index (κ1) is 16.4. The van der Waals surface area contributed by atoms with Crippen LogP contribution in [0.1, 0.15) is 39.0 Å². The molecule has 2 atom stereocenters. The summed E-state index contributed by atoms with van der Waals surface area (Å²) in [7, 11) is 0. The summed E-state index contributed by atoms with van der Waals surface area (Å²) in [6, 6.07) is -1.30. The molecule has 7 nitrogen and oxygen atoms in total. The molecule has 0 aromatic rings. The number of hydrogen-bond acceptors (Lipinski definition) is 4. The Balaban J connectivity index is 0.000000321. The van der Waals surface area contributed by atoms with Gasteiger partial charge in [0.15, 0.2) is 0 Å². The van der Waals surface area contributed by atoms with Gasteiger partial charge in [0.2, 0.25) is 5.91 Å². The van der Waals surface area contributed by atoms with Crippen LogP contribution in [-0.2, 0) is 14.4 Å². The van der Waals surface area contributed by atoms with Crippen molar-refractivity contribution in [1.29, 1.82) is 0 Å². The molecule has 7 heteroatoms. The Labute approximate surface area is 105 Å². The van der Waals surface area contributed by atoms with Crippen molar-refractivity contribution in [3.63, 3.8) is 0 Å². The van der Waals surface area contributed by atoms with E-state index < -0.39 is 24.0 Å². The maximum absolute atomic E-state index is 10.4. The summed E-state index contributed by atoms with van der Waals surface area (Å²) in [4.78, 5) is 30.6. The summed E-state index contributed by atoms with van der Waals surface area (Å²) in [5.41, 5.74) is 5.20. The average Bonchev–Trinajstić information content (AvgIpc) is 2.73. The third-order valence-electron chi connectivity index (χ3n) is 2.48. The van der Waals surface area contributed by atoms with E-state index in [1.165, 1.54) is 0 Å². The molecular formula is C11H20N2O5. The molecule has 2 unspecified atom stereocenters. The fraction of sp³-hybridized carbons (Fsp3) is 0.727. The van der Waals surface area contributed by atoms with Gasteiger partial charge in [0.25, 0.3) is 0 Å². The van der Waals surface area contributed by atoms with Crippen molar-refractivity contribution in [2.24, 2.45) is 5.73 Å². The highest BCUT2D eigenvalue weighted by atomic mass is 16.4. The van der Waals surface area contributed by atoms with E-state index in [4.69, 9.17) is 15.9 Å². The third kappa shape index (κ3) is 6.85. The number of carbonyl (C=O) groups is 3. The predicted molar refractivity (Wildman–Crippen MR) is 63.9 cm³/mol. The van der Waals surface area contributed by atoms with Crippen molar-refractivity contribution in [1.82, 2.24) is 5.32 Å². The van der Waals surface area contributed by atoms with Gasteiger partial charge in [-0.2, -0.15) is 0 Å². The summed E-state index contributed by atoms with van der Waals surface area (Å²) in [5.74, 6) is -2.01. The number of nitrogens with two attached hydrogens (primary N) is 1. The molecular weight excluding hydrogens is 240 g/mol. The highest BCUT2D eigenvalue weighted by Crippen LogP contribution is 2.05. The number of amides is 1. The summed E-state index contributed by atoms with van der Waals surface area (Å²) >= 11 is 0. The molecule has 1 saturated heterocycles. The number of nitrogens with one attached hydrogen (secondary N) is 1. The van der Waals surface area contributed by atoms with Crippen LogP contribution >= 0.6 is 0 Å². The second kappa shape index (κ2) is 8.46. The van der Waals surface area contributed by atoms with Crippen molar-refractivity contribution < 1.29 is 24.6 Å². The van der Waals surface area contributed by atoms with Gasteiger partial charge in [0.1, 0.15) is 12.1 Å². The maximum atomic E-state index is 10.4. The Morgan fingerprint density at radius 3 is 2.39 bits per heavy atom. The van der Waals surface area contributed by atoms with Crippen LogP contribution in [0.2, 0.25) is 0 Å². The van der Waals surface area contributed by atoms with Gasteiger partial charge in [-0.15, -0.1) is 0 Å². The summed E-state index contributed by atoms with van der Waals surface area (Å²) in [6.45, 7) is 2.01. The standard InChI is InChI=1S/C6H13NO2.C5H7NO3/c1-2-3-4-5(7)6(8)9;7-4-2-1-3(6-4)5(8)9/h5H,2-4,7H2,1H3,(H,8,9);3H,1-2H2,(H,6,7)(H,8,9). The SMILES string of the molecule is CCCCC(N)C(=O)O.O=C1CCC(C(=O)O)N1. The Hall–Kier alpha value is -1.63. The fourth-order valence-corrected chi connectivity index (χ4v) is 1.35. The van der Waals surface area contributed by atoms with Crippen molar-refractivity contribution in [2.75, 3.05) is 0 Å². The quantitative estimate of drug-likeness (QED) is 0.548. The Bertz CT molecular complexity index is 306. The van der Waals surface area contributed by atoms with Crippen molar-refractivity contribution in [3.05, 3.63) is 0 Å². The van der Waals surface area contributed by atoms with E-state index in [9.17, 15) is 14.4 Å². The topological polar surface area (TPSA) is 130 Å². The number of aliphatic carboxylic acids is 2. The largest absolute Gasteiger partial charge is 0.480 e. The van der Waals surface area contributed by atoms with Gasteiger partial charge in [-0.05, 0) is 12.8 Å². The molecule has 1 amide bonds. The van der Waals surface area contributed by atoms with Crippen LogP contribution in [-0.4, -0.2) is 40.1 Å². The minimum atomic E-state index is -0.944. The van der Waals surface area contributed by atoms with Crippen LogP contribution < -0.4 is 11.1 Å². The van der Waals surface area contributed by atoms with Gasteiger partial charge >= 0.3 is 11.9 Å². The monoisotopic (exact) mass is 260 g/mol.